The van der Waals surface area contributed by atoms with Crippen LogP contribution in [0.25, 0.3) is 0 Å². The summed E-state index contributed by atoms with van der Waals surface area (Å²) in [5, 5.41) is 10.4. The molecule has 86 valence electrons. The fourth-order valence-electron chi connectivity index (χ4n) is 1.19. The Kier molecular flexibility index (Phi) is 2.87. The lowest BCUT2D eigenvalue weighted by atomic mass is 10.3. The number of esters is 1. The first-order valence-corrected chi connectivity index (χ1v) is 4.67. The molecule has 0 saturated carbocycles. The first-order chi connectivity index (χ1) is 8.16. The molecule has 0 aliphatic rings. The number of ether oxygens (including phenoxy) is 1. The fraction of sp³-hybridized carbons (Fsp3) is 0. The zero-order valence-electron chi connectivity index (χ0n) is 8.53. The van der Waals surface area contributed by atoms with Gasteiger partial charge in [-0.25, -0.2) is 4.79 Å². The van der Waals surface area contributed by atoms with Gasteiger partial charge in [0.15, 0.2) is 0 Å². The molecular formula is C11H7NO5. The molecule has 0 atom stereocenters. The predicted molar refractivity (Wildman–Crippen MR) is 56.8 cm³/mol. The second kappa shape index (κ2) is 4.48. The van der Waals surface area contributed by atoms with E-state index in [0.29, 0.717) is 0 Å². The maximum Gasteiger partial charge on any atom is 0.379 e. The Labute approximate surface area is 95.6 Å². The van der Waals surface area contributed by atoms with Crippen molar-refractivity contribution in [3.63, 3.8) is 0 Å². The molecule has 17 heavy (non-hydrogen) atoms. The summed E-state index contributed by atoms with van der Waals surface area (Å²) >= 11 is 0. The molecule has 0 saturated heterocycles. The number of hydrogen-bond donors (Lipinski definition) is 0. The van der Waals surface area contributed by atoms with Crippen LogP contribution in [0.4, 0.5) is 5.69 Å². The number of carbonyl (C=O) groups is 1. The normalized spacial score (nSPS) is 9.88. The molecule has 0 unspecified atom stereocenters. The molecule has 6 nitrogen and oxygen atoms in total. The van der Waals surface area contributed by atoms with Gasteiger partial charge in [-0.05, 0) is 24.3 Å². The molecule has 6 heteroatoms. The zero-order chi connectivity index (χ0) is 12.3. The molecule has 0 amide bonds. The van der Waals surface area contributed by atoms with E-state index < -0.39 is 10.9 Å². The number of furan rings is 1. The van der Waals surface area contributed by atoms with Crippen molar-refractivity contribution in [2.75, 3.05) is 0 Å². The van der Waals surface area contributed by atoms with Crippen LogP contribution < -0.4 is 4.74 Å². The van der Waals surface area contributed by atoms with Gasteiger partial charge in [0.05, 0.1) is 11.2 Å². The van der Waals surface area contributed by atoms with E-state index in [1.165, 1.54) is 36.6 Å². The third kappa shape index (κ3) is 2.49. The number of nitro benzene ring substituents is 1. The average Bonchev–Trinajstić information content (AvgIpc) is 2.83. The SMILES string of the molecule is O=C(Oc1ccc([N+](=O)[O-])cc1)c1ccco1. The largest absolute Gasteiger partial charge is 0.457 e. The Morgan fingerprint density at radius 1 is 1.24 bits per heavy atom. The van der Waals surface area contributed by atoms with Crippen LogP contribution in [0, 0.1) is 10.1 Å². The van der Waals surface area contributed by atoms with E-state index in [9.17, 15) is 14.9 Å². The van der Waals surface area contributed by atoms with Gasteiger partial charge in [0.25, 0.3) is 5.69 Å². The van der Waals surface area contributed by atoms with Gasteiger partial charge in [-0.15, -0.1) is 0 Å². The first kappa shape index (κ1) is 10.9. The molecule has 0 fully saturated rings. The summed E-state index contributed by atoms with van der Waals surface area (Å²) in [7, 11) is 0. The lowest BCUT2D eigenvalue weighted by Crippen LogP contribution is -2.06. The first-order valence-electron chi connectivity index (χ1n) is 4.67. The highest BCUT2D eigenvalue weighted by Crippen LogP contribution is 2.18. The van der Waals surface area contributed by atoms with Crippen molar-refractivity contribution in [3.8, 4) is 5.75 Å². The van der Waals surface area contributed by atoms with E-state index >= 15 is 0 Å². The van der Waals surface area contributed by atoms with E-state index in [4.69, 9.17) is 9.15 Å². The smallest absolute Gasteiger partial charge is 0.379 e. The lowest BCUT2D eigenvalue weighted by Gasteiger charge is -2.01. The van der Waals surface area contributed by atoms with Gasteiger partial charge in [0.2, 0.25) is 5.76 Å². The van der Waals surface area contributed by atoms with Gasteiger partial charge in [0, 0.05) is 12.1 Å². The molecule has 0 aliphatic carbocycles. The molecule has 1 aromatic heterocycles. The number of nitro groups is 1. The van der Waals surface area contributed by atoms with Crippen molar-refractivity contribution < 1.29 is 18.9 Å². The number of benzene rings is 1. The molecule has 0 aliphatic heterocycles. The molecule has 0 radical (unpaired) electrons. The van der Waals surface area contributed by atoms with Crippen LogP contribution >= 0.6 is 0 Å². The van der Waals surface area contributed by atoms with E-state index in [-0.39, 0.29) is 17.2 Å². The topological polar surface area (TPSA) is 82.6 Å². The fourth-order valence-corrected chi connectivity index (χ4v) is 1.19. The Balaban J connectivity index is 2.09. The molecule has 2 aromatic rings. The summed E-state index contributed by atoms with van der Waals surface area (Å²) in [6, 6.07) is 8.23. The molecule has 0 bridgehead atoms. The highest BCUT2D eigenvalue weighted by molar-refractivity contribution is 5.88. The Hall–Kier alpha value is -2.63. The van der Waals surface area contributed by atoms with E-state index in [0.717, 1.165) is 0 Å². The highest BCUT2D eigenvalue weighted by atomic mass is 16.6. The number of hydrogen-bond acceptors (Lipinski definition) is 5. The quantitative estimate of drug-likeness (QED) is 0.352. The highest BCUT2D eigenvalue weighted by Gasteiger charge is 2.12. The Bertz CT molecular complexity index is 529. The minimum Gasteiger partial charge on any atom is -0.457 e. The molecule has 0 N–H and O–H groups in total. The monoisotopic (exact) mass is 233 g/mol. The molecule has 1 heterocycles. The maximum atomic E-state index is 11.4. The van der Waals surface area contributed by atoms with E-state index in [1.807, 2.05) is 0 Å². The van der Waals surface area contributed by atoms with Crippen LogP contribution in [0.2, 0.25) is 0 Å². The number of rotatable bonds is 3. The van der Waals surface area contributed by atoms with Gasteiger partial charge in [-0.3, -0.25) is 10.1 Å². The Morgan fingerprint density at radius 2 is 1.94 bits per heavy atom. The van der Waals surface area contributed by atoms with Crippen molar-refractivity contribution >= 4 is 11.7 Å². The molecule has 1 aromatic carbocycles. The van der Waals surface area contributed by atoms with Crippen LogP contribution in [-0.2, 0) is 0 Å². The van der Waals surface area contributed by atoms with Crippen molar-refractivity contribution in [1.29, 1.82) is 0 Å². The Morgan fingerprint density at radius 3 is 2.47 bits per heavy atom. The van der Waals surface area contributed by atoms with Gasteiger partial charge in [-0.1, -0.05) is 0 Å². The molecule has 0 spiro atoms. The minimum absolute atomic E-state index is 0.0669. The minimum atomic E-state index is -0.649. The summed E-state index contributed by atoms with van der Waals surface area (Å²) in [4.78, 5) is 21.3. The van der Waals surface area contributed by atoms with Gasteiger partial charge < -0.3 is 9.15 Å². The van der Waals surface area contributed by atoms with Crippen LogP contribution in [0.3, 0.4) is 0 Å². The summed E-state index contributed by atoms with van der Waals surface area (Å²) in [6.07, 6.45) is 1.35. The van der Waals surface area contributed by atoms with Crippen LogP contribution in [-0.4, -0.2) is 10.9 Å². The maximum absolute atomic E-state index is 11.4. The number of carbonyl (C=O) groups excluding carboxylic acids is 1. The van der Waals surface area contributed by atoms with Crippen molar-refractivity contribution in [2.45, 2.75) is 0 Å². The summed E-state index contributed by atoms with van der Waals surface area (Å²) < 4.78 is 9.78. The van der Waals surface area contributed by atoms with Crippen molar-refractivity contribution in [2.24, 2.45) is 0 Å². The standard InChI is InChI=1S/C11H7NO5/c13-11(10-2-1-7-16-10)17-9-5-3-8(4-6-9)12(14)15/h1-7H. The predicted octanol–water partition coefficient (Wildman–Crippen LogP) is 2.41. The second-order valence-corrected chi connectivity index (χ2v) is 3.12. The average molecular weight is 233 g/mol. The van der Waals surface area contributed by atoms with Crippen LogP contribution in [0.15, 0.2) is 47.1 Å². The van der Waals surface area contributed by atoms with Crippen molar-refractivity contribution in [1.82, 2.24) is 0 Å². The second-order valence-electron chi connectivity index (χ2n) is 3.12. The third-order valence-corrected chi connectivity index (χ3v) is 1.98. The summed E-state index contributed by atoms with van der Waals surface area (Å²) in [5.74, 6) is -0.357. The number of nitrogens with zero attached hydrogens (tertiary/aromatic N) is 1. The number of non-ortho nitro benzene ring substituents is 1. The summed E-state index contributed by atoms with van der Waals surface area (Å²) in [6.45, 7) is 0. The zero-order valence-corrected chi connectivity index (χ0v) is 8.53. The lowest BCUT2D eigenvalue weighted by molar-refractivity contribution is -0.384. The van der Waals surface area contributed by atoms with E-state index in [2.05, 4.69) is 0 Å². The summed E-state index contributed by atoms with van der Waals surface area (Å²) in [5.41, 5.74) is -0.0669. The van der Waals surface area contributed by atoms with Gasteiger partial charge in [-0.2, -0.15) is 0 Å². The van der Waals surface area contributed by atoms with Crippen LogP contribution in [0.1, 0.15) is 10.6 Å². The van der Waals surface area contributed by atoms with Gasteiger partial charge >= 0.3 is 5.97 Å². The molecule has 2 rings (SSSR count). The van der Waals surface area contributed by atoms with Crippen molar-refractivity contribution in [3.05, 3.63) is 58.5 Å². The van der Waals surface area contributed by atoms with Crippen LogP contribution in [0.5, 0.6) is 5.75 Å². The van der Waals surface area contributed by atoms with Gasteiger partial charge in [0.1, 0.15) is 5.75 Å². The third-order valence-electron chi connectivity index (χ3n) is 1.98. The van der Waals surface area contributed by atoms with E-state index in [1.54, 1.807) is 6.07 Å². The molecular weight excluding hydrogens is 226 g/mol.